The molecule has 0 aromatic heterocycles. The molecule has 0 amide bonds. The third-order valence-electron chi connectivity index (χ3n) is 2.47. The molecular formula is C10H21NO2S. The van der Waals surface area contributed by atoms with Crippen LogP contribution < -0.4 is 0 Å². The Morgan fingerprint density at radius 1 is 1.50 bits per heavy atom. The second-order valence-corrected chi connectivity index (χ2v) is 4.95. The highest BCUT2D eigenvalue weighted by atomic mass is 32.2. The van der Waals surface area contributed by atoms with Crippen molar-refractivity contribution in [2.24, 2.45) is 0 Å². The summed E-state index contributed by atoms with van der Waals surface area (Å²) in [4.78, 5) is 2.46. The normalized spacial score (nSPS) is 24.0. The molecule has 1 rings (SSSR count). The number of ether oxygens (including phenoxy) is 1. The first-order chi connectivity index (χ1) is 6.86. The number of thioether (sulfide) groups is 1. The van der Waals surface area contributed by atoms with Crippen LogP contribution in [0.25, 0.3) is 0 Å². The van der Waals surface area contributed by atoms with Crippen molar-refractivity contribution in [2.45, 2.75) is 18.6 Å². The van der Waals surface area contributed by atoms with Gasteiger partial charge < -0.3 is 9.84 Å². The van der Waals surface area contributed by atoms with Crippen molar-refractivity contribution < 1.29 is 9.84 Å². The Balaban J connectivity index is 2.05. The summed E-state index contributed by atoms with van der Waals surface area (Å²) >= 11 is 2.09. The van der Waals surface area contributed by atoms with Gasteiger partial charge in [0.15, 0.2) is 0 Å². The van der Waals surface area contributed by atoms with Crippen molar-refractivity contribution in [3.05, 3.63) is 0 Å². The Bertz CT molecular complexity index is 146. The largest absolute Gasteiger partial charge is 0.394 e. The fraction of sp³-hybridized carbons (Fsp3) is 1.00. The van der Waals surface area contributed by atoms with E-state index in [9.17, 15) is 0 Å². The zero-order valence-electron chi connectivity index (χ0n) is 8.95. The maximum Gasteiger partial charge on any atom is 0.0698 e. The van der Waals surface area contributed by atoms with E-state index < -0.39 is 0 Å². The van der Waals surface area contributed by atoms with E-state index in [-0.39, 0.29) is 6.61 Å². The van der Waals surface area contributed by atoms with Gasteiger partial charge in [-0.05, 0) is 6.42 Å². The van der Waals surface area contributed by atoms with Crippen molar-refractivity contribution in [1.29, 1.82) is 0 Å². The first-order valence-corrected chi connectivity index (χ1v) is 6.44. The van der Waals surface area contributed by atoms with Crippen LogP contribution in [-0.2, 0) is 4.74 Å². The average Bonchev–Trinajstić information content (AvgIpc) is 2.25. The van der Waals surface area contributed by atoms with Crippen molar-refractivity contribution in [3.63, 3.8) is 0 Å². The summed E-state index contributed by atoms with van der Waals surface area (Å²) in [6, 6.07) is 0. The summed E-state index contributed by atoms with van der Waals surface area (Å²) in [5.41, 5.74) is 0. The molecule has 0 aliphatic carbocycles. The van der Waals surface area contributed by atoms with Gasteiger partial charge in [0.2, 0.25) is 0 Å². The van der Waals surface area contributed by atoms with Gasteiger partial charge in [0.25, 0.3) is 0 Å². The number of aliphatic hydroxyl groups is 1. The van der Waals surface area contributed by atoms with Gasteiger partial charge in [-0.3, -0.25) is 4.90 Å². The molecule has 1 fully saturated rings. The molecule has 0 unspecified atom stereocenters. The second-order valence-electron chi connectivity index (χ2n) is 3.54. The van der Waals surface area contributed by atoms with E-state index in [4.69, 9.17) is 9.84 Å². The molecule has 1 atom stereocenters. The molecule has 0 aromatic carbocycles. The molecule has 1 N–H and O–H groups in total. The van der Waals surface area contributed by atoms with Gasteiger partial charge in [0.05, 0.1) is 19.8 Å². The fourth-order valence-corrected chi connectivity index (χ4v) is 2.84. The van der Waals surface area contributed by atoms with Crippen LogP contribution in [-0.4, -0.2) is 60.5 Å². The number of hydrogen-bond donors (Lipinski definition) is 1. The minimum Gasteiger partial charge on any atom is -0.394 e. The monoisotopic (exact) mass is 219 g/mol. The first kappa shape index (κ1) is 12.3. The SMILES string of the molecule is CC[C@H]1CN(CCOCCO)CCS1. The van der Waals surface area contributed by atoms with E-state index in [2.05, 4.69) is 23.6 Å². The third-order valence-corrected chi connectivity index (χ3v) is 3.84. The molecular weight excluding hydrogens is 198 g/mol. The first-order valence-electron chi connectivity index (χ1n) is 5.39. The van der Waals surface area contributed by atoms with Crippen molar-refractivity contribution in [3.8, 4) is 0 Å². The van der Waals surface area contributed by atoms with Crippen molar-refractivity contribution in [2.75, 3.05) is 45.2 Å². The lowest BCUT2D eigenvalue weighted by Gasteiger charge is -2.31. The van der Waals surface area contributed by atoms with E-state index >= 15 is 0 Å². The number of rotatable bonds is 6. The summed E-state index contributed by atoms with van der Waals surface area (Å²) in [6.07, 6.45) is 1.26. The minimum absolute atomic E-state index is 0.132. The molecule has 14 heavy (non-hydrogen) atoms. The van der Waals surface area contributed by atoms with E-state index in [1.54, 1.807) is 0 Å². The average molecular weight is 219 g/mol. The minimum atomic E-state index is 0.132. The summed E-state index contributed by atoms with van der Waals surface area (Å²) in [7, 11) is 0. The number of hydrogen-bond acceptors (Lipinski definition) is 4. The summed E-state index contributed by atoms with van der Waals surface area (Å²) in [5, 5.41) is 9.35. The van der Waals surface area contributed by atoms with Gasteiger partial charge in [-0.1, -0.05) is 6.92 Å². The van der Waals surface area contributed by atoms with Crippen molar-refractivity contribution >= 4 is 11.8 Å². The molecule has 0 spiro atoms. The Morgan fingerprint density at radius 2 is 2.36 bits per heavy atom. The lowest BCUT2D eigenvalue weighted by molar-refractivity contribution is 0.0742. The molecule has 0 radical (unpaired) electrons. The van der Waals surface area contributed by atoms with Crippen LogP contribution in [0.4, 0.5) is 0 Å². The van der Waals surface area contributed by atoms with Crippen LogP contribution in [0.5, 0.6) is 0 Å². The van der Waals surface area contributed by atoms with Crippen LogP contribution in [0.1, 0.15) is 13.3 Å². The molecule has 0 aromatic rings. The molecule has 3 nitrogen and oxygen atoms in total. The molecule has 0 saturated carbocycles. The summed E-state index contributed by atoms with van der Waals surface area (Å²) < 4.78 is 5.26. The van der Waals surface area contributed by atoms with E-state index in [0.717, 1.165) is 18.4 Å². The maximum atomic E-state index is 8.54. The highest BCUT2D eigenvalue weighted by Crippen LogP contribution is 2.20. The zero-order valence-corrected chi connectivity index (χ0v) is 9.76. The molecule has 0 bridgehead atoms. The Hall–Kier alpha value is 0.230. The predicted molar refractivity (Wildman–Crippen MR) is 60.9 cm³/mol. The van der Waals surface area contributed by atoms with E-state index in [0.29, 0.717) is 6.61 Å². The van der Waals surface area contributed by atoms with Crippen LogP contribution >= 0.6 is 11.8 Å². The lowest BCUT2D eigenvalue weighted by Crippen LogP contribution is -2.39. The molecule has 1 saturated heterocycles. The molecule has 1 aliphatic heterocycles. The number of nitrogens with zero attached hydrogens (tertiary/aromatic N) is 1. The summed E-state index contributed by atoms with van der Waals surface area (Å²) in [5.74, 6) is 1.25. The lowest BCUT2D eigenvalue weighted by atomic mass is 10.3. The van der Waals surface area contributed by atoms with Crippen molar-refractivity contribution in [1.82, 2.24) is 4.90 Å². The standard InChI is InChI=1S/C10H21NO2S/c1-2-10-9-11(4-8-14-10)3-6-13-7-5-12/h10,12H,2-9H2,1H3/t10-/m0/s1. The van der Waals surface area contributed by atoms with Crippen LogP contribution in [0.2, 0.25) is 0 Å². The Morgan fingerprint density at radius 3 is 3.07 bits per heavy atom. The van der Waals surface area contributed by atoms with E-state index in [1.807, 2.05) is 0 Å². The topological polar surface area (TPSA) is 32.7 Å². The predicted octanol–water partition coefficient (Wildman–Crippen LogP) is 0.823. The number of aliphatic hydroxyl groups excluding tert-OH is 1. The Labute approximate surface area is 90.8 Å². The van der Waals surface area contributed by atoms with Crippen LogP contribution in [0.15, 0.2) is 0 Å². The van der Waals surface area contributed by atoms with Gasteiger partial charge in [-0.25, -0.2) is 0 Å². The molecule has 1 aliphatic rings. The van der Waals surface area contributed by atoms with Gasteiger partial charge in [-0.15, -0.1) is 0 Å². The molecule has 84 valence electrons. The highest BCUT2D eigenvalue weighted by Gasteiger charge is 2.17. The second kappa shape index (κ2) is 7.51. The highest BCUT2D eigenvalue weighted by molar-refractivity contribution is 8.00. The fourth-order valence-electron chi connectivity index (χ4n) is 1.59. The van der Waals surface area contributed by atoms with Crippen LogP contribution in [0, 0.1) is 0 Å². The smallest absolute Gasteiger partial charge is 0.0698 e. The van der Waals surface area contributed by atoms with Gasteiger partial charge in [0, 0.05) is 30.6 Å². The Kier molecular flexibility index (Phi) is 6.60. The molecule has 1 heterocycles. The van der Waals surface area contributed by atoms with E-state index in [1.165, 1.54) is 25.3 Å². The van der Waals surface area contributed by atoms with Gasteiger partial charge in [-0.2, -0.15) is 11.8 Å². The van der Waals surface area contributed by atoms with Gasteiger partial charge in [0.1, 0.15) is 0 Å². The van der Waals surface area contributed by atoms with Gasteiger partial charge >= 0.3 is 0 Å². The third kappa shape index (κ3) is 4.64. The quantitative estimate of drug-likeness (QED) is 0.671. The summed E-state index contributed by atoms with van der Waals surface area (Å²) in [6.45, 7) is 7.00. The maximum absolute atomic E-state index is 8.54. The molecule has 4 heteroatoms. The zero-order chi connectivity index (χ0) is 10.2. The van der Waals surface area contributed by atoms with Crippen LogP contribution in [0.3, 0.4) is 0 Å².